The average molecular weight is 391 g/mol. The number of aromatic nitrogens is 1. The predicted octanol–water partition coefficient (Wildman–Crippen LogP) is 4.34. The first-order valence-corrected chi connectivity index (χ1v) is 10.3. The van der Waals surface area contributed by atoms with E-state index in [-0.39, 0.29) is 11.7 Å². The van der Waals surface area contributed by atoms with Gasteiger partial charge in [0.1, 0.15) is 5.82 Å². The summed E-state index contributed by atoms with van der Waals surface area (Å²) in [6, 6.07) is 12.2. The molecule has 0 fully saturated rings. The number of carbonyl (C=O) groups excluding carboxylic acids is 1. The van der Waals surface area contributed by atoms with E-state index >= 15 is 0 Å². The number of hydrogen-bond acceptors (Lipinski definition) is 4. The lowest BCUT2D eigenvalue weighted by Gasteiger charge is -2.06. The van der Waals surface area contributed by atoms with Crippen molar-refractivity contribution in [2.45, 2.75) is 18.4 Å². The molecule has 136 valence electrons. The van der Waals surface area contributed by atoms with E-state index < -0.39 is 0 Å². The second kappa shape index (κ2) is 8.62. The summed E-state index contributed by atoms with van der Waals surface area (Å²) in [5.41, 5.74) is 0.971. The van der Waals surface area contributed by atoms with Crippen molar-refractivity contribution in [3.05, 3.63) is 58.6 Å². The Labute approximate surface area is 159 Å². The van der Waals surface area contributed by atoms with Crippen molar-refractivity contribution < 1.29 is 13.9 Å². The summed E-state index contributed by atoms with van der Waals surface area (Å²) in [5, 5.41) is 0. The highest BCUT2D eigenvalue weighted by molar-refractivity contribution is 7.98. The number of benzene rings is 2. The highest BCUT2D eigenvalue weighted by Crippen LogP contribution is 2.21. The van der Waals surface area contributed by atoms with Gasteiger partial charge in [0, 0.05) is 23.6 Å². The third-order valence-electron chi connectivity index (χ3n) is 3.85. The Morgan fingerprint density at radius 3 is 2.73 bits per heavy atom. The van der Waals surface area contributed by atoms with Crippen molar-refractivity contribution in [2.75, 3.05) is 19.5 Å². The maximum Gasteiger partial charge on any atom is 0.279 e. The number of nitrogens with zero attached hydrogens (tertiary/aromatic N) is 2. The quantitative estimate of drug-likeness (QED) is 0.464. The number of hydrogen-bond donors (Lipinski definition) is 0. The first kappa shape index (κ1) is 18.8. The number of para-hydroxylation sites is 1. The van der Waals surface area contributed by atoms with Crippen LogP contribution in [0.5, 0.6) is 0 Å². The molecule has 0 saturated carbocycles. The van der Waals surface area contributed by atoms with Gasteiger partial charge in [-0.1, -0.05) is 17.4 Å². The normalized spacial score (nSPS) is 12.0. The second-order valence-corrected chi connectivity index (χ2v) is 7.35. The number of halogens is 1. The second-order valence-electron chi connectivity index (χ2n) is 5.47. The third kappa shape index (κ3) is 4.06. The first-order chi connectivity index (χ1) is 12.6. The number of amides is 1. The van der Waals surface area contributed by atoms with Crippen LogP contribution in [0, 0.1) is 5.82 Å². The van der Waals surface area contributed by atoms with E-state index in [9.17, 15) is 9.18 Å². The Morgan fingerprint density at radius 2 is 2.04 bits per heavy atom. The minimum atomic E-state index is -0.338. The van der Waals surface area contributed by atoms with E-state index in [1.54, 1.807) is 34.5 Å². The Morgan fingerprint density at radius 1 is 1.27 bits per heavy atom. The summed E-state index contributed by atoms with van der Waals surface area (Å²) >= 11 is 2.91. The van der Waals surface area contributed by atoms with E-state index in [2.05, 4.69) is 4.99 Å². The smallest absolute Gasteiger partial charge is 0.279 e. The van der Waals surface area contributed by atoms with Gasteiger partial charge in [0.25, 0.3) is 5.91 Å². The monoisotopic (exact) mass is 390 g/mol. The van der Waals surface area contributed by atoms with Crippen molar-refractivity contribution in [2.24, 2.45) is 4.99 Å². The van der Waals surface area contributed by atoms with E-state index in [0.717, 1.165) is 9.60 Å². The predicted molar refractivity (Wildman–Crippen MR) is 104 cm³/mol. The fourth-order valence-electron chi connectivity index (χ4n) is 2.56. The third-order valence-corrected chi connectivity index (χ3v) is 5.64. The summed E-state index contributed by atoms with van der Waals surface area (Å²) in [6.45, 7) is 3.36. The van der Waals surface area contributed by atoms with Gasteiger partial charge >= 0.3 is 0 Å². The number of fused-ring (bicyclic) bond motifs is 1. The topological polar surface area (TPSA) is 43.6 Å². The van der Waals surface area contributed by atoms with Gasteiger partial charge in [-0.2, -0.15) is 4.99 Å². The van der Waals surface area contributed by atoms with E-state index in [4.69, 9.17) is 4.74 Å². The molecule has 0 radical (unpaired) electrons. The van der Waals surface area contributed by atoms with Crippen molar-refractivity contribution in [1.29, 1.82) is 0 Å². The highest BCUT2D eigenvalue weighted by atomic mass is 32.2. The lowest BCUT2D eigenvalue weighted by atomic mass is 10.2. The fraction of sp³-hybridized carbons (Fsp3) is 0.263. The van der Waals surface area contributed by atoms with Gasteiger partial charge in [0.2, 0.25) is 0 Å². The summed E-state index contributed by atoms with van der Waals surface area (Å²) in [6.07, 6.45) is 1.98. The van der Waals surface area contributed by atoms with Gasteiger partial charge in [-0.25, -0.2) is 4.39 Å². The highest BCUT2D eigenvalue weighted by Gasteiger charge is 2.12. The largest absolute Gasteiger partial charge is 0.380 e. The molecule has 0 atom stereocenters. The zero-order valence-electron chi connectivity index (χ0n) is 14.6. The van der Waals surface area contributed by atoms with Crippen LogP contribution in [0.3, 0.4) is 0 Å². The minimum Gasteiger partial charge on any atom is -0.380 e. The molecule has 0 aliphatic heterocycles. The minimum absolute atomic E-state index is 0.325. The summed E-state index contributed by atoms with van der Waals surface area (Å²) < 4.78 is 22.2. The molecule has 7 heteroatoms. The van der Waals surface area contributed by atoms with Crippen molar-refractivity contribution in [3.63, 3.8) is 0 Å². The molecule has 3 rings (SSSR count). The average Bonchev–Trinajstić information content (AvgIpc) is 3.00. The molecule has 4 nitrogen and oxygen atoms in total. The molecule has 2 aromatic carbocycles. The molecular weight excluding hydrogens is 371 g/mol. The Hall–Kier alpha value is -1.96. The van der Waals surface area contributed by atoms with Gasteiger partial charge in [-0.05, 0) is 49.6 Å². The van der Waals surface area contributed by atoms with Crippen molar-refractivity contribution >= 4 is 39.2 Å². The van der Waals surface area contributed by atoms with Crippen LogP contribution in [-0.2, 0) is 11.3 Å². The van der Waals surface area contributed by atoms with Crippen LogP contribution in [0.15, 0.2) is 52.4 Å². The maximum absolute atomic E-state index is 14.3. The molecule has 0 saturated heterocycles. The number of carbonyl (C=O) groups is 1. The molecule has 0 N–H and O–H groups in total. The van der Waals surface area contributed by atoms with Gasteiger partial charge < -0.3 is 9.30 Å². The van der Waals surface area contributed by atoms with Gasteiger partial charge in [-0.3, -0.25) is 4.79 Å². The number of rotatable bonds is 6. The standard InChI is InChI=1S/C19H19FN2O2S2/c1-3-24-12-11-22-17-15(20)5-4-6-16(17)26-19(22)21-18(23)13-7-9-14(25-2)10-8-13/h4-10H,3,11-12H2,1-2H3. The van der Waals surface area contributed by atoms with Crippen molar-refractivity contribution in [3.8, 4) is 0 Å². The van der Waals surface area contributed by atoms with Gasteiger partial charge in [0.15, 0.2) is 4.80 Å². The molecule has 0 unspecified atom stereocenters. The van der Waals surface area contributed by atoms with E-state index in [0.29, 0.717) is 35.6 Å². The molecule has 0 bridgehead atoms. The SMILES string of the molecule is CCOCCn1c(=NC(=O)c2ccc(SC)cc2)sc2cccc(F)c21. The summed E-state index contributed by atoms with van der Waals surface area (Å²) in [5.74, 6) is -0.664. The Balaban J connectivity index is 2.04. The van der Waals surface area contributed by atoms with Crippen LogP contribution >= 0.6 is 23.1 Å². The van der Waals surface area contributed by atoms with Crippen molar-refractivity contribution in [1.82, 2.24) is 4.57 Å². The van der Waals surface area contributed by atoms with Crippen LogP contribution < -0.4 is 4.80 Å². The lowest BCUT2D eigenvalue weighted by molar-refractivity contribution is 0.0996. The van der Waals surface area contributed by atoms with Crippen LogP contribution in [0.1, 0.15) is 17.3 Å². The van der Waals surface area contributed by atoms with E-state index in [1.807, 2.05) is 31.4 Å². The summed E-state index contributed by atoms with van der Waals surface area (Å²) in [4.78, 5) is 18.4. The van der Waals surface area contributed by atoms with E-state index in [1.165, 1.54) is 17.4 Å². The molecule has 3 aromatic rings. The Bertz CT molecular complexity index is 977. The number of ether oxygens (including phenoxy) is 1. The van der Waals surface area contributed by atoms with Gasteiger partial charge in [-0.15, -0.1) is 11.8 Å². The first-order valence-electron chi connectivity index (χ1n) is 8.22. The zero-order valence-corrected chi connectivity index (χ0v) is 16.2. The van der Waals surface area contributed by atoms with Gasteiger partial charge in [0.05, 0.1) is 16.8 Å². The zero-order chi connectivity index (χ0) is 18.5. The lowest BCUT2D eigenvalue weighted by Crippen LogP contribution is -2.20. The molecule has 0 spiro atoms. The number of thiazole rings is 1. The molecule has 1 amide bonds. The molecule has 0 aliphatic carbocycles. The number of thioether (sulfide) groups is 1. The molecule has 26 heavy (non-hydrogen) atoms. The molecule has 1 aromatic heterocycles. The summed E-state index contributed by atoms with van der Waals surface area (Å²) in [7, 11) is 0. The molecule has 0 aliphatic rings. The molecule has 1 heterocycles. The van der Waals surface area contributed by atoms with Crippen LogP contribution in [0.2, 0.25) is 0 Å². The Kier molecular flexibility index (Phi) is 6.24. The fourth-order valence-corrected chi connectivity index (χ4v) is 4.04. The van der Waals surface area contributed by atoms with Crippen LogP contribution in [-0.4, -0.2) is 29.9 Å². The molecular formula is C19H19FN2O2S2. The van der Waals surface area contributed by atoms with Crippen LogP contribution in [0.4, 0.5) is 4.39 Å². The van der Waals surface area contributed by atoms with Crippen LogP contribution in [0.25, 0.3) is 10.2 Å². The maximum atomic E-state index is 14.3.